The Balaban J connectivity index is 2.70. The molecule has 1 aromatic carbocycles. The molecule has 0 fully saturated rings. The van der Waals surface area contributed by atoms with Gasteiger partial charge in [-0.05, 0) is 25.1 Å². The number of hydrogen-bond donors (Lipinski definition) is 1. The number of carbonyl (C=O) groups is 1. The molecule has 0 heterocycles. The van der Waals surface area contributed by atoms with E-state index in [1.165, 1.54) is 7.11 Å². The minimum atomic E-state index is -0.354. The van der Waals surface area contributed by atoms with Crippen LogP contribution in [0.5, 0.6) is 0 Å². The molecule has 1 rings (SSSR count). The van der Waals surface area contributed by atoms with Gasteiger partial charge in [-0.2, -0.15) is 5.26 Å². The van der Waals surface area contributed by atoms with E-state index in [0.717, 1.165) is 10.2 Å². The van der Waals surface area contributed by atoms with E-state index in [-0.39, 0.29) is 5.97 Å². The van der Waals surface area contributed by atoms with Crippen molar-refractivity contribution in [3.8, 4) is 6.07 Å². The first-order chi connectivity index (χ1) is 8.58. The van der Waals surface area contributed by atoms with Crippen LogP contribution in [0.1, 0.15) is 12.5 Å². The number of nitrogens with one attached hydrogen (secondary N) is 1. The summed E-state index contributed by atoms with van der Waals surface area (Å²) in [5, 5.41) is 12.1. The van der Waals surface area contributed by atoms with Crippen LogP contribution in [-0.4, -0.2) is 19.6 Å². The van der Waals surface area contributed by atoms with Crippen LogP contribution in [0.4, 0.5) is 5.69 Å². The van der Waals surface area contributed by atoms with Crippen LogP contribution in [-0.2, 0) is 9.53 Å². The molecule has 0 aliphatic carbocycles. The van der Waals surface area contributed by atoms with Gasteiger partial charge < -0.3 is 10.1 Å². The fourth-order valence-corrected chi connectivity index (χ4v) is 1.68. The summed E-state index contributed by atoms with van der Waals surface area (Å²) in [5.41, 5.74) is 1.81. The van der Waals surface area contributed by atoms with Crippen molar-refractivity contribution in [1.82, 2.24) is 0 Å². The van der Waals surface area contributed by atoms with Crippen LogP contribution in [0, 0.1) is 11.3 Å². The molecule has 0 spiro atoms. The monoisotopic (exact) mass is 308 g/mol. The van der Waals surface area contributed by atoms with Crippen molar-refractivity contribution in [3.63, 3.8) is 0 Å². The van der Waals surface area contributed by atoms with Crippen LogP contribution in [0.3, 0.4) is 0 Å². The largest absolute Gasteiger partial charge is 0.466 e. The van der Waals surface area contributed by atoms with Gasteiger partial charge in [-0.15, -0.1) is 0 Å². The Morgan fingerprint density at radius 2 is 2.33 bits per heavy atom. The van der Waals surface area contributed by atoms with Crippen molar-refractivity contribution < 1.29 is 9.53 Å². The van der Waals surface area contributed by atoms with Crippen molar-refractivity contribution in [1.29, 1.82) is 5.26 Å². The lowest BCUT2D eigenvalue weighted by Crippen LogP contribution is -2.06. The molecule has 0 saturated carbocycles. The summed E-state index contributed by atoms with van der Waals surface area (Å²) in [7, 11) is 1.34. The van der Waals surface area contributed by atoms with Crippen LogP contribution in [0.2, 0.25) is 0 Å². The topological polar surface area (TPSA) is 62.1 Å². The fraction of sp³-hybridized carbons (Fsp3) is 0.231. The molecule has 1 N–H and O–H groups in total. The minimum absolute atomic E-state index is 0.354. The van der Waals surface area contributed by atoms with Gasteiger partial charge in [-0.3, -0.25) is 0 Å². The molecule has 18 heavy (non-hydrogen) atoms. The summed E-state index contributed by atoms with van der Waals surface area (Å²) < 4.78 is 5.43. The van der Waals surface area contributed by atoms with Gasteiger partial charge >= 0.3 is 5.97 Å². The average Bonchev–Trinajstić information content (AvgIpc) is 2.39. The number of benzene rings is 1. The molecule has 0 unspecified atom stereocenters. The fourth-order valence-electron chi connectivity index (χ4n) is 1.32. The third kappa shape index (κ3) is 3.90. The molecule has 0 aromatic heterocycles. The first-order valence-corrected chi connectivity index (χ1v) is 6.06. The number of methoxy groups -OCH3 is 1. The van der Waals surface area contributed by atoms with Crippen LogP contribution >= 0.6 is 15.9 Å². The molecule has 0 aliphatic rings. The van der Waals surface area contributed by atoms with Crippen LogP contribution in [0.15, 0.2) is 34.3 Å². The predicted octanol–water partition coefficient (Wildman–Crippen LogP) is 2.85. The number of halogens is 1. The maximum absolute atomic E-state index is 11.1. The number of rotatable bonds is 4. The van der Waals surface area contributed by atoms with Gasteiger partial charge in [0, 0.05) is 16.6 Å². The molecular formula is C13H13BrN2O2. The van der Waals surface area contributed by atoms with E-state index >= 15 is 0 Å². The Morgan fingerprint density at radius 1 is 1.61 bits per heavy atom. The first kappa shape index (κ1) is 14.3. The number of anilines is 1. The Hall–Kier alpha value is -1.80. The molecule has 1 aromatic rings. The molecule has 5 heteroatoms. The van der Waals surface area contributed by atoms with Gasteiger partial charge in [0.25, 0.3) is 0 Å². The second-order valence-electron chi connectivity index (χ2n) is 3.56. The van der Waals surface area contributed by atoms with Gasteiger partial charge in [-0.25, -0.2) is 4.79 Å². The van der Waals surface area contributed by atoms with Crippen molar-refractivity contribution in [2.45, 2.75) is 6.92 Å². The zero-order valence-electron chi connectivity index (χ0n) is 10.2. The normalized spacial score (nSPS) is 10.7. The summed E-state index contributed by atoms with van der Waals surface area (Å²) in [6.45, 7) is 2.14. The summed E-state index contributed by atoms with van der Waals surface area (Å²) >= 11 is 3.30. The van der Waals surface area contributed by atoms with Crippen molar-refractivity contribution in [2.75, 3.05) is 19.0 Å². The summed E-state index contributed by atoms with van der Waals surface area (Å²) in [6, 6.07) is 7.50. The third-order valence-corrected chi connectivity index (χ3v) is 2.80. The van der Waals surface area contributed by atoms with E-state index < -0.39 is 0 Å². The molecule has 0 atom stereocenters. The van der Waals surface area contributed by atoms with Crippen LogP contribution in [0.25, 0.3) is 0 Å². The van der Waals surface area contributed by atoms with Crippen LogP contribution < -0.4 is 5.32 Å². The number of nitriles is 1. The van der Waals surface area contributed by atoms with Gasteiger partial charge in [0.05, 0.1) is 18.4 Å². The Bertz CT molecular complexity index is 518. The highest BCUT2D eigenvalue weighted by atomic mass is 79.9. The zero-order chi connectivity index (χ0) is 13.5. The third-order valence-electron chi connectivity index (χ3n) is 2.31. The van der Waals surface area contributed by atoms with Gasteiger partial charge in [0.15, 0.2) is 0 Å². The SMILES string of the molecule is COC(=O)/C(C)=C/CNc1ccc(Br)cc1C#N. The maximum Gasteiger partial charge on any atom is 0.333 e. The number of esters is 1. The summed E-state index contributed by atoms with van der Waals surface area (Å²) in [5.74, 6) is -0.354. The van der Waals surface area contributed by atoms with E-state index in [1.807, 2.05) is 12.1 Å². The highest BCUT2D eigenvalue weighted by Gasteiger charge is 2.03. The molecule has 0 bridgehead atoms. The van der Waals surface area contributed by atoms with Crippen molar-refractivity contribution in [3.05, 3.63) is 39.9 Å². The number of ether oxygens (including phenoxy) is 1. The second-order valence-corrected chi connectivity index (χ2v) is 4.48. The lowest BCUT2D eigenvalue weighted by molar-refractivity contribution is -0.136. The quantitative estimate of drug-likeness (QED) is 0.686. The number of nitrogens with zero attached hydrogens (tertiary/aromatic N) is 1. The van der Waals surface area contributed by atoms with Crippen molar-refractivity contribution in [2.24, 2.45) is 0 Å². The van der Waals surface area contributed by atoms with Crippen molar-refractivity contribution >= 4 is 27.6 Å². The lowest BCUT2D eigenvalue weighted by Gasteiger charge is -2.06. The summed E-state index contributed by atoms with van der Waals surface area (Å²) in [4.78, 5) is 11.1. The highest BCUT2D eigenvalue weighted by molar-refractivity contribution is 9.10. The number of carbonyl (C=O) groups excluding carboxylic acids is 1. The van der Waals surface area contributed by atoms with Gasteiger partial charge in [-0.1, -0.05) is 22.0 Å². The smallest absolute Gasteiger partial charge is 0.333 e. The molecule has 0 amide bonds. The molecule has 0 aliphatic heterocycles. The zero-order valence-corrected chi connectivity index (χ0v) is 11.7. The van der Waals surface area contributed by atoms with E-state index in [0.29, 0.717) is 17.7 Å². The molecule has 0 saturated heterocycles. The predicted molar refractivity (Wildman–Crippen MR) is 73.1 cm³/mol. The Labute approximate surface area is 114 Å². The number of hydrogen-bond acceptors (Lipinski definition) is 4. The molecular weight excluding hydrogens is 296 g/mol. The van der Waals surface area contributed by atoms with Gasteiger partial charge in [0.2, 0.25) is 0 Å². The molecule has 0 radical (unpaired) electrons. The standard InChI is InChI=1S/C13H13BrN2O2/c1-9(13(17)18-2)5-6-16-12-4-3-11(14)7-10(12)8-15/h3-5,7,16H,6H2,1-2H3/b9-5+. The summed E-state index contributed by atoms with van der Waals surface area (Å²) in [6.07, 6.45) is 1.72. The molecule has 4 nitrogen and oxygen atoms in total. The Morgan fingerprint density at radius 3 is 2.94 bits per heavy atom. The molecule has 94 valence electrons. The minimum Gasteiger partial charge on any atom is -0.466 e. The average molecular weight is 309 g/mol. The Kier molecular flexibility index (Phi) is 5.40. The lowest BCUT2D eigenvalue weighted by atomic mass is 10.2. The maximum atomic E-state index is 11.1. The van der Waals surface area contributed by atoms with E-state index in [1.54, 1.807) is 19.1 Å². The second kappa shape index (κ2) is 6.82. The van der Waals surface area contributed by atoms with E-state index in [4.69, 9.17) is 5.26 Å². The van der Waals surface area contributed by atoms with Gasteiger partial charge in [0.1, 0.15) is 6.07 Å². The first-order valence-electron chi connectivity index (χ1n) is 5.27. The van der Waals surface area contributed by atoms with E-state index in [9.17, 15) is 4.79 Å². The highest BCUT2D eigenvalue weighted by Crippen LogP contribution is 2.20. The van der Waals surface area contributed by atoms with E-state index in [2.05, 4.69) is 32.1 Å².